The van der Waals surface area contributed by atoms with Crippen LogP contribution < -0.4 is 5.32 Å². The second kappa shape index (κ2) is 5.43. The number of hydrogen-bond acceptors (Lipinski definition) is 5. The molecule has 0 aliphatic rings. The lowest BCUT2D eigenvalue weighted by Gasteiger charge is -2.01. The van der Waals surface area contributed by atoms with Crippen LogP contribution >= 0.6 is 11.3 Å². The molecule has 0 bridgehead atoms. The Morgan fingerprint density at radius 2 is 2.24 bits per heavy atom. The van der Waals surface area contributed by atoms with E-state index in [1.54, 1.807) is 0 Å². The van der Waals surface area contributed by atoms with Crippen molar-refractivity contribution in [3.05, 3.63) is 16.0 Å². The van der Waals surface area contributed by atoms with Crippen LogP contribution in [0.5, 0.6) is 0 Å². The van der Waals surface area contributed by atoms with E-state index in [0.29, 0.717) is 5.56 Å². The lowest BCUT2D eigenvalue weighted by Crippen LogP contribution is -2.16. The van der Waals surface area contributed by atoms with Gasteiger partial charge in [0.15, 0.2) is 0 Å². The third-order valence-electron chi connectivity index (χ3n) is 1.98. The zero-order valence-electron chi connectivity index (χ0n) is 9.23. The van der Waals surface area contributed by atoms with Crippen LogP contribution in [0.2, 0.25) is 0 Å². The van der Waals surface area contributed by atoms with Crippen LogP contribution in [-0.4, -0.2) is 30.7 Å². The molecule has 1 amide bonds. The number of carbonyl (C=O) groups is 2. The smallest absolute Gasteiger partial charge is 0.346 e. The summed E-state index contributed by atoms with van der Waals surface area (Å²) in [5.74, 6) is -1.54. The minimum atomic E-state index is -1.11. The largest absolute Gasteiger partial charge is 0.477 e. The Kier molecular flexibility index (Phi) is 4.20. The summed E-state index contributed by atoms with van der Waals surface area (Å²) in [6.45, 7) is 1.38. The molecular formula is C10H10N2O4S. The molecule has 0 saturated heterocycles. The first kappa shape index (κ1) is 13.2. The monoisotopic (exact) mass is 254 g/mol. The first-order valence-electron chi connectivity index (χ1n) is 4.56. The number of carboxylic acid groups (broad SMARTS) is 1. The Hall–Kier alpha value is -1.91. The number of carboxylic acids is 1. The molecule has 2 N–H and O–H groups in total. The average molecular weight is 254 g/mol. The van der Waals surface area contributed by atoms with E-state index in [1.165, 1.54) is 14.0 Å². The van der Waals surface area contributed by atoms with Crippen LogP contribution in [0.1, 0.15) is 20.8 Å². The molecule has 0 aromatic carbocycles. The summed E-state index contributed by atoms with van der Waals surface area (Å²) in [5.41, 5.74) is 0.537. The quantitative estimate of drug-likeness (QED) is 0.841. The molecule has 1 rings (SSSR count). The van der Waals surface area contributed by atoms with Gasteiger partial charge in [-0.15, -0.1) is 11.3 Å². The van der Waals surface area contributed by atoms with E-state index in [4.69, 9.17) is 10.4 Å². The van der Waals surface area contributed by atoms with Crippen molar-refractivity contribution in [3.63, 3.8) is 0 Å². The van der Waals surface area contributed by atoms with E-state index in [0.717, 1.165) is 11.3 Å². The molecule has 0 aliphatic heterocycles. The molecule has 1 heterocycles. The molecule has 0 radical (unpaired) electrons. The van der Waals surface area contributed by atoms with Gasteiger partial charge in [0.1, 0.15) is 22.6 Å². The van der Waals surface area contributed by atoms with E-state index >= 15 is 0 Å². The van der Waals surface area contributed by atoms with Gasteiger partial charge in [0.05, 0.1) is 5.56 Å². The molecule has 0 unspecified atom stereocenters. The molecule has 0 aliphatic carbocycles. The average Bonchev–Trinajstić information content (AvgIpc) is 2.55. The topological polar surface area (TPSA) is 99.4 Å². The number of anilines is 1. The van der Waals surface area contributed by atoms with Gasteiger partial charge in [0.25, 0.3) is 5.91 Å². The number of nitrogens with one attached hydrogen (secondary N) is 1. The molecule has 90 valence electrons. The SMILES string of the molecule is COCC(=O)Nc1sc(C(=O)O)c(C)c1C#N. The van der Waals surface area contributed by atoms with Gasteiger partial charge in [-0.2, -0.15) is 5.26 Å². The molecule has 0 fully saturated rings. The van der Waals surface area contributed by atoms with Crippen LogP contribution in [0.15, 0.2) is 0 Å². The molecular weight excluding hydrogens is 244 g/mol. The predicted octanol–water partition coefficient (Wildman–Crippen LogP) is 1.21. The fourth-order valence-corrected chi connectivity index (χ4v) is 2.25. The molecule has 0 atom stereocenters. The van der Waals surface area contributed by atoms with Crippen molar-refractivity contribution >= 4 is 28.2 Å². The number of nitrogens with zero attached hydrogens (tertiary/aromatic N) is 1. The highest BCUT2D eigenvalue weighted by atomic mass is 32.1. The van der Waals surface area contributed by atoms with Gasteiger partial charge in [-0.05, 0) is 12.5 Å². The predicted molar refractivity (Wildman–Crippen MR) is 61.2 cm³/mol. The van der Waals surface area contributed by atoms with E-state index in [-0.39, 0.29) is 22.0 Å². The van der Waals surface area contributed by atoms with E-state index in [1.807, 2.05) is 6.07 Å². The fourth-order valence-electron chi connectivity index (χ4n) is 1.23. The number of nitriles is 1. The Bertz CT molecular complexity index is 501. The van der Waals surface area contributed by atoms with Gasteiger partial charge in [-0.1, -0.05) is 0 Å². The molecule has 17 heavy (non-hydrogen) atoms. The first-order valence-corrected chi connectivity index (χ1v) is 5.38. The van der Waals surface area contributed by atoms with Crippen LogP contribution in [0.3, 0.4) is 0 Å². The van der Waals surface area contributed by atoms with E-state index in [9.17, 15) is 9.59 Å². The lowest BCUT2D eigenvalue weighted by molar-refractivity contribution is -0.119. The second-order valence-electron chi connectivity index (χ2n) is 3.16. The summed E-state index contributed by atoms with van der Waals surface area (Å²) in [6, 6.07) is 1.88. The highest BCUT2D eigenvalue weighted by Crippen LogP contribution is 2.32. The minimum absolute atomic E-state index is 0.0502. The number of hydrogen-bond donors (Lipinski definition) is 2. The van der Waals surface area contributed by atoms with Gasteiger partial charge in [0.2, 0.25) is 0 Å². The van der Waals surface area contributed by atoms with E-state index < -0.39 is 11.9 Å². The third kappa shape index (κ3) is 2.81. The maximum absolute atomic E-state index is 11.3. The van der Waals surface area contributed by atoms with Crippen LogP contribution in [-0.2, 0) is 9.53 Å². The van der Waals surface area contributed by atoms with Crippen LogP contribution in [0, 0.1) is 18.3 Å². The first-order chi connectivity index (χ1) is 8.01. The van der Waals surface area contributed by atoms with Crippen molar-refractivity contribution in [2.45, 2.75) is 6.92 Å². The maximum atomic E-state index is 11.3. The van der Waals surface area contributed by atoms with Crippen LogP contribution in [0.4, 0.5) is 5.00 Å². The zero-order chi connectivity index (χ0) is 13.0. The number of methoxy groups -OCH3 is 1. The minimum Gasteiger partial charge on any atom is -0.477 e. The van der Waals surface area contributed by atoms with Crippen molar-refractivity contribution in [2.75, 3.05) is 19.0 Å². The molecule has 0 saturated carbocycles. The highest BCUT2D eigenvalue weighted by molar-refractivity contribution is 7.18. The number of carbonyl (C=O) groups excluding carboxylic acids is 1. The zero-order valence-corrected chi connectivity index (χ0v) is 10.1. The Morgan fingerprint density at radius 3 is 2.71 bits per heavy atom. The van der Waals surface area contributed by atoms with Crippen molar-refractivity contribution < 1.29 is 19.4 Å². The van der Waals surface area contributed by atoms with Gasteiger partial charge in [0, 0.05) is 7.11 Å². The normalized spacial score (nSPS) is 9.71. The Labute approximate surface area is 101 Å². The number of ether oxygens (including phenoxy) is 1. The molecule has 0 spiro atoms. The molecule has 6 nitrogen and oxygen atoms in total. The number of amides is 1. The molecule has 7 heteroatoms. The second-order valence-corrected chi connectivity index (χ2v) is 4.18. The summed E-state index contributed by atoms with van der Waals surface area (Å²) in [7, 11) is 1.37. The van der Waals surface area contributed by atoms with Gasteiger partial charge in [-0.25, -0.2) is 4.79 Å². The summed E-state index contributed by atoms with van der Waals surface area (Å²) < 4.78 is 4.63. The Morgan fingerprint density at radius 1 is 1.59 bits per heavy atom. The standard InChI is InChI=1S/C10H10N2O4S/c1-5-6(3-11)9(12-7(13)4-16-2)17-8(5)10(14)15/h4H2,1-2H3,(H,12,13)(H,14,15). The Balaban J connectivity index is 3.08. The van der Waals surface area contributed by atoms with Gasteiger partial charge in [-0.3, -0.25) is 4.79 Å². The summed E-state index contributed by atoms with van der Waals surface area (Å²) in [4.78, 5) is 22.2. The molecule has 1 aromatic heterocycles. The molecule has 1 aromatic rings. The van der Waals surface area contributed by atoms with Crippen molar-refractivity contribution in [1.82, 2.24) is 0 Å². The number of rotatable bonds is 4. The lowest BCUT2D eigenvalue weighted by atomic mass is 10.2. The van der Waals surface area contributed by atoms with Gasteiger partial charge >= 0.3 is 5.97 Å². The summed E-state index contributed by atoms with van der Waals surface area (Å²) >= 11 is 0.863. The highest BCUT2D eigenvalue weighted by Gasteiger charge is 2.20. The van der Waals surface area contributed by atoms with Crippen molar-refractivity contribution in [2.24, 2.45) is 0 Å². The number of aromatic carboxylic acids is 1. The number of thiophene rings is 1. The van der Waals surface area contributed by atoms with Crippen LogP contribution in [0.25, 0.3) is 0 Å². The van der Waals surface area contributed by atoms with E-state index in [2.05, 4.69) is 10.1 Å². The van der Waals surface area contributed by atoms with Gasteiger partial charge < -0.3 is 15.2 Å². The maximum Gasteiger partial charge on any atom is 0.346 e. The van der Waals surface area contributed by atoms with Crippen molar-refractivity contribution in [1.29, 1.82) is 5.26 Å². The summed E-state index contributed by atoms with van der Waals surface area (Å²) in [6.07, 6.45) is 0. The summed E-state index contributed by atoms with van der Waals surface area (Å²) in [5, 5.41) is 20.5. The fraction of sp³-hybridized carbons (Fsp3) is 0.300. The van der Waals surface area contributed by atoms with Crippen molar-refractivity contribution in [3.8, 4) is 6.07 Å². The third-order valence-corrected chi connectivity index (χ3v) is 3.18.